The van der Waals surface area contributed by atoms with Gasteiger partial charge in [-0.3, -0.25) is 9.59 Å². The number of sulfonamides is 1. The molecule has 0 unspecified atom stereocenters. The lowest BCUT2D eigenvalue weighted by Gasteiger charge is -2.17. The van der Waals surface area contributed by atoms with Crippen molar-refractivity contribution in [3.8, 4) is 5.75 Å². The van der Waals surface area contributed by atoms with E-state index in [0.717, 1.165) is 5.56 Å². The highest BCUT2D eigenvalue weighted by Crippen LogP contribution is 2.28. The summed E-state index contributed by atoms with van der Waals surface area (Å²) in [6.07, 6.45) is 0.132. The van der Waals surface area contributed by atoms with Gasteiger partial charge in [-0.25, -0.2) is 13.6 Å². The fourth-order valence-corrected chi connectivity index (χ4v) is 3.56. The number of carbonyl (C=O) groups is 2. The van der Waals surface area contributed by atoms with E-state index in [2.05, 4.69) is 5.32 Å². The fraction of sp³-hybridized carbons (Fsp3) is 0.263. The van der Waals surface area contributed by atoms with E-state index in [-0.39, 0.29) is 29.7 Å². The molecule has 8 nitrogen and oxygen atoms in total. The van der Waals surface area contributed by atoms with Gasteiger partial charge in [0.25, 0.3) is 0 Å². The van der Waals surface area contributed by atoms with E-state index in [1.807, 2.05) is 0 Å². The smallest absolute Gasteiger partial charge is 0.238 e. The van der Waals surface area contributed by atoms with Gasteiger partial charge in [0.15, 0.2) is 0 Å². The number of rotatable bonds is 6. The summed E-state index contributed by atoms with van der Waals surface area (Å²) in [6, 6.07) is 13.1. The number of carbonyl (C=O) groups excluding carboxylic acids is 2. The lowest BCUT2D eigenvalue weighted by atomic mass is 10.1. The van der Waals surface area contributed by atoms with Gasteiger partial charge in [-0.2, -0.15) is 0 Å². The molecule has 1 aliphatic heterocycles. The van der Waals surface area contributed by atoms with Crippen molar-refractivity contribution in [3.63, 3.8) is 0 Å². The number of nitrogens with one attached hydrogen (secondary N) is 1. The molecule has 9 heteroatoms. The van der Waals surface area contributed by atoms with Gasteiger partial charge < -0.3 is 15.0 Å². The summed E-state index contributed by atoms with van der Waals surface area (Å²) in [5.74, 6) is -0.163. The number of hydrogen-bond donors (Lipinski definition) is 2. The number of nitrogens with two attached hydrogens (primary N) is 1. The number of ether oxygens (including phenoxy) is 1. The van der Waals surface area contributed by atoms with Gasteiger partial charge in [-0.1, -0.05) is 18.2 Å². The molecule has 2 aromatic rings. The van der Waals surface area contributed by atoms with Crippen LogP contribution in [0.25, 0.3) is 0 Å². The lowest BCUT2D eigenvalue weighted by Crippen LogP contribution is -2.32. The molecule has 1 aliphatic rings. The third kappa shape index (κ3) is 4.49. The average Bonchev–Trinajstić information content (AvgIpc) is 3.07. The normalized spacial score (nSPS) is 16.9. The monoisotopic (exact) mass is 403 g/mol. The van der Waals surface area contributed by atoms with Crippen molar-refractivity contribution in [1.82, 2.24) is 5.32 Å². The van der Waals surface area contributed by atoms with Crippen LogP contribution in [0.4, 0.5) is 5.69 Å². The van der Waals surface area contributed by atoms with Crippen LogP contribution in [0.2, 0.25) is 0 Å². The van der Waals surface area contributed by atoms with E-state index in [1.165, 1.54) is 12.1 Å². The van der Waals surface area contributed by atoms with Crippen LogP contribution in [0.5, 0.6) is 5.75 Å². The largest absolute Gasteiger partial charge is 0.497 e. The van der Waals surface area contributed by atoms with E-state index in [9.17, 15) is 18.0 Å². The number of benzene rings is 2. The van der Waals surface area contributed by atoms with Gasteiger partial charge in [0.05, 0.1) is 17.9 Å². The first-order valence-corrected chi connectivity index (χ1v) is 10.2. The van der Waals surface area contributed by atoms with Gasteiger partial charge >= 0.3 is 0 Å². The van der Waals surface area contributed by atoms with Gasteiger partial charge in [0, 0.05) is 31.3 Å². The second-order valence-electron chi connectivity index (χ2n) is 6.51. The molecule has 0 spiro atoms. The van der Waals surface area contributed by atoms with Crippen molar-refractivity contribution in [3.05, 3.63) is 54.1 Å². The molecule has 2 aromatic carbocycles. The Morgan fingerprint density at radius 3 is 2.61 bits per heavy atom. The highest BCUT2D eigenvalue weighted by atomic mass is 32.2. The first kappa shape index (κ1) is 19.8. The zero-order valence-corrected chi connectivity index (χ0v) is 16.1. The van der Waals surface area contributed by atoms with Crippen molar-refractivity contribution in [2.45, 2.75) is 17.9 Å². The maximum absolute atomic E-state index is 12.5. The van der Waals surface area contributed by atoms with Crippen molar-refractivity contribution in [2.75, 3.05) is 18.6 Å². The minimum atomic E-state index is -3.75. The van der Waals surface area contributed by atoms with Crippen LogP contribution >= 0.6 is 0 Å². The first-order valence-electron chi connectivity index (χ1n) is 8.62. The van der Waals surface area contributed by atoms with Crippen LogP contribution in [0.3, 0.4) is 0 Å². The Morgan fingerprint density at radius 2 is 1.96 bits per heavy atom. The molecule has 2 amide bonds. The van der Waals surface area contributed by atoms with E-state index in [0.29, 0.717) is 18.0 Å². The summed E-state index contributed by atoms with van der Waals surface area (Å²) in [6.45, 7) is 0.524. The fourth-order valence-electron chi connectivity index (χ4n) is 3.04. The van der Waals surface area contributed by atoms with Crippen LogP contribution in [-0.2, 0) is 26.2 Å². The summed E-state index contributed by atoms with van der Waals surface area (Å²) < 4.78 is 27.7. The molecule has 1 atom stereocenters. The molecule has 0 aliphatic carbocycles. The van der Waals surface area contributed by atoms with Crippen molar-refractivity contribution in [2.24, 2.45) is 11.1 Å². The Hall–Kier alpha value is -2.91. The maximum atomic E-state index is 12.5. The Bertz CT molecular complexity index is 989. The average molecular weight is 403 g/mol. The van der Waals surface area contributed by atoms with Gasteiger partial charge in [-0.05, 0) is 29.8 Å². The summed E-state index contributed by atoms with van der Waals surface area (Å²) >= 11 is 0. The second kappa shape index (κ2) is 7.99. The molecule has 0 radical (unpaired) electrons. The molecular weight excluding hydrogens is 382 g/mol. The molecule has 3 rings (SSSR count). The first-order chi connectivity index (χ1) is 13.3. The van der Waals surface area contributed by atoms with Crippen LogP contribution in [0.1, 0.15) is 12.0 Å². The summed E-state index contributed by atoms with van der Waals surface area (Å²) in [4.78, 5) is 26.4. The maximum Gasteiger partial charge on any atom is 0.238 e. The zero-order valence-electron chi connectivity index (χ0n) is 15.3. The number of hydrogen-bond acceptors (Lipinski definition) is 5. The SMILES string of the molecule is COc1cccc(N2C[C@@H](C(=O)NCc3ccc(S(N)(=O)=O)cc3)CC2=O)c1. The molecule has 3 N–H and O–H groups in total. The Labute approximate surface area is 163 Å². The topological polar surface area (TPSA) is 119 Å². The molecule has 0 bridgehead atoms. The van der Waals surface area contributed by atoms with Crippen LogP contribution in [0.15, 0.2) is 53.4 Å². The molecule has 0 aromatic heterocycles. The van der Waals surface area contributed by atoms with E-state index in [4.69, 9.17) is 9.88 Å². The zero-order chi connectivity index (χ0) is 20.3. The molecule has 0 saturated carbocycles. The molecular formula is C19H21N3O5S. The Kier molecular flexibility index (Phi) is 5.66. The lowest BCUT2D eigenvalue weighted by molar-refractivity contribution is -0.126. The highest BCUT2D eigenvalue weighted by molar-refractivity contribution is 7.89. The molecule has 1 saturated heterocycles. The van der Waals surface area contributed by atoms with E-state index >= 15 is 0 Å². The number of anilines is 1. The molecule has 28 heavy (non-hydrogen) atoms. The standard InChI is InChI=1S/C19H21N3O5S/c1-27-16-4-2-3-15(10-16)22-12-14(9-18(22)23)19(24)21-11-13-5-7-17(8-6-13)28(20,25)26/h2-8,10,14H,9,11-12H2,1H3,(H,21,24)(H2,20,25,26)/t14-/m0/s1. The number of nitrogens with zero attached hydrogens (tertiary/aromatic N) is 1. The predicted molar refractivity (Wildman–Crippen MR) is 103 cm³/mol. The predicted octanol–water partition coefficient (Wildman–Crippen LogP) is 1.01. The van der Waals surface area contributed by atoms with Crippen molar-refractivity contribution in [1.29, 1.82) is 0 Å². The summed E-state index contributed by atoms with van der Waals surface area (Å²) in [7, 11) is -2.19. The molecule has 1 fully saturated rings. The van der Waals surface area contributed by atoms with Crippen molar-refractivity contribution < 1.29 is 22.7 Å². The highest BCUT2D eigenvalue weighted by Gasteiger charge is 2.35. The Morgan fingerprint density at radius 1 is 1.25 bits per heavy atom. The third-order valence-corrected chi connectivity index (χ3v) is 5.51. The quantitative estimate of drug-likeness (QED) is 0.746. The van der Waals surface area contributed by atoms with E-state index < -0.39 is 15.9 Å². The van der Waals surface area contributed by atoms with Crippen LogP contribution in [-0.4, -0.2) is 33.9 Å². The number of methoxy groups -OCH3 is 1. The van der Waals surface area contributed by atoms with Gasteiger partial charge in [0.2, 0.25) is 21.8 Å². The molecule has 1 heterocycles. The minimum Gasteiger partial charge on any atom is -0.497 e. The summed E-state index contributed by atoms with van der Waals surface area (Å²) in [5.41, 5.74) is 1.42. The summed E-state index contributed by atoms with van der Waals surface area (Å²) in [5, 5.41) is 7.85. The molecule has 148 valence electrons. The van der Waals surface area contributed by atoms with Gasteiger partial charge in [-0.15, -0.1) is 0 Å². The van der Waals surface area contributed by atoms with Crippen LogP contribution in [0, 0.1) is 5.92 Å². The Balaban J connectivity index is 1.60. The number of amides is 2. The van der Waals surface area contributed by atoms with Crippen LogP contribution < -0.4 is 20.1 Å². The van der Waals surface area contributed by atoms with E-state index in [1.54, 1.807) is 48.4 Å². The number of primary sulfonamides is 1. The van der Waals surface area contributed by atoms with Crippen molar-refractivity contribution >= 4 is 27.5 Å². The van der Waals surface area contributed by atoms with Gasteiger partial charge in [0.1, 0.15) is 5.75 Å². The second-order valence-corrected chi connectivity index (χ2v) is 8.08. The third-order valence-electron chi connectivity index (χ3n) is 4.58. The minimum absolute atomic E-state index is 0.0119.